The molecule has 2 heterocycles. The van der Waals surface area contributed by atoms with Crippen LogP contribution in [0.1, 0.15) is 37.7 Å². The highest BCUT2D eigenvalue weighted by Crippen LogP contribution is 2.27. The molecule has 0 bridgehead atoms. The molecule has 6 heteroatoms. The van der Waals surface area contributed by atoms with Gasteiger partial charge < -0.3 is 10.0 Å². The largest absolute Gasteiger partial charge is 0.379 e. The molecule has 2 aliphatic heterocycles. The first-order valence-electron chi connectivity index (χ1n) is 8.67. The zero-order valence-corrected chi connectivity index (χ0v) is 13.8. The second kappa shape index (κ2) is 7.15. The van der Waals surface area contributed by atoms with Crippen LogP contribution >= 0.6 is 0 Å². The van der Waals surface area contributed by atoms with Crippen molar-refractivity contribution in [1.82, 2.24) is 9.80 Å². The molecule has 2 saturated heterocycles. The highest BCUT2D eigenvalue weighted by atomic mass is 19.2. The van der Waals surface area contributed by atoms with E-state index in [-0.39, 0.29) is 18.0 Å². The molecule has 1 aromatic rings. The summed E-state index contributed by atoms with van der Waals surface area (Å²) in [6.45, 7) is 2.57. The van der Waals surface area contributed by atoms with Crippen molar-refractivity contribution in [2.24, 2.45) is 0 Å². The molecule has 1 unspecified atom stereocenters. The summed E-state index contributed by atoms with van der Waals surface area (Å²) in [5.41, 5.74) is -1.27. The third kappa shape index (κ3) is 3.59. The minimum absolute atomic E-state index is 0.00919. The number of nitrogens with zero attached hydrogens (tertiary/aromatic N) is 2. The predicted molar refractivity (Wildman–Crippen MR) is 86.2 cm³/mol. The zero-order valence-electron chi connectivity index (χ0n) is 13.8. The third-order valence-corrected chi connectivity index (χ3v) is 5.03. The van der Waals surface area contributed by atoms with Crippen molar-refractivity contribution in [2.45, 2.75) is 44.2 Å². The summed E-state index contributed by atoms with van der Waals surface area (Å²) in [6.07, 6.45) is 4.44. The lowest BCUT2D eigenvalue weighted by Crippen LogP contribution is -2.58. The fourth-order valence-electron chi connectivity index (χ4n) is 3.73. The Balaban J connectivity index is 1.70. The summed E-state index contributed by atoms with van der Waals surface area (Å²) < 4.78 is 27.2. The molecule has 1 N–H and O–H groups in total. The summed E-state index contributed by atoms with van der Waals surface area (Å²) in [4.78, 5) is 16.3. The highest BCUT2D eigenvalue weighted by molar-refractivity contribution is 5.86. The number of amides is 1. The van der Waals surface area contributed by atoms with E-state index in [9.17, 15) is 18.7 Å². The van der Waals surface area contributed by atoms with Crippen molar-refractivity contribution in [3.05, 3.63) is 35.4 Å². The number of piperidine rings is 2. The van der Waals surface area contributed by atoms with E-state index in [0.29, 0.717) is 25.9 Å². The molecule has 1 aromatic carbocycles. The van der Waals surface area contributed by atoms with Gasteiger partial charge in [-0.3, -0.25) is 9.69 Å². The van der Waals surface area contributed by atoms with E-state index >= 15 is 0 Å². The standard InChI is InChI=1S/C18H24F2N2O2/c19-15-7-4-6-14(16(15)20)12-22-11-5-8-18(24,17(22)23)13-21-9-2-1-3-10-21/h4,6-7,24H,1-3,5,8-13H2. The molecular formula is C18H24F2N2O2. The van der Waals surface area contributed by atoms with Crippen LogP contribution in [0.5, 0.6) is 0 Å². The molecule has 2 aliphatic rings. The fraction of sp³-hybridized carbons (Fsp3) is 0.611. The summed E-state index contributed by atoms with van der Waals surface area (Å²) in [5, 5.41) is 10.9. The molecular weight excluding hydrogens is 314 g/mol. The van der Waals surface area contributed by atoms with Crippen LogP contribution < -0.4 is 0 Å². The molecule has 0 aromatic heterocycles. The van der Waals surface area contributed by atoms with Crippen LogP contribution in [0.2, 0.25) is 0 Å². The molecule has 24 heavy (non-hydrogen) atoms. The van der Waals surface area contributed by atoms with Gasteiger partial charge in [0, 0.05) is 25.2 Å². The van der Waals surface area contributed by atoms with Gasteiger partial charge in [-0.25, -0.2) is 8.78 Å². The summed E-state index contributed by atoms with van der Waals surface area (Å²) >= 11 is 0. The zero-order chi connectivity index (χ0) is 17.2. The number of likely N-dealkylation sites (tertiary alicyclic amines) is 2. The van der Waals surface area contributed by atoms with Gasteiger partial charge in [0.15, 0.2) is 17.2 Å². The number of rotatable bonds is 4. The van der Waals surface area contributed by atoms with Gasteiger partial charge in [0.25, 0.3) is 5.91 Å². The van der Waals surface area contributed by atoms with Crippen LogP contribution in [0.15, 0.2) is 18.2 Å². The number of aliphatic hydroxyl groups is 1. The highest BCUT2D eigenvalue weighted by Gasteiger charge is 2.43. The maximum Gasteiger partial charge on any atom is 0.256 e. The number of benzene rings is 1. The quantitative estimate of drug-likeness (QED) is 0.916. The molecule has 0 saturated carbocycles. The monoisotopic (exact) mass is 338 g/mol. The van der Waals surface area contributed by atoms with Gasteiger partial charge >= 0.3 is 0 Å². The van der Waals surface area contributed by atoms with Gasteiger partial charge in [-0.05, 0) is 44.8 Å². The van der Waals surface area contributed by atoms with Gasteiger partial charge in [-0.1, -0.05) is 18.6 Å². The van der Waals surface area contributed by atoms with E-state index in [4.69, 9.17) is 0 Å². The Hall–Kier alpha value is -1.53. The minimum Gasteiger partial charge on any atom is -0.379 e. The van der Waals surface area contributed by atoms with E-state index in [1.807, 2.05) is 0 Å². The Bertz CT molecular complexity index is 605. The smallest absolute Gasteiger partial charge is 0.256 e. The van der Waals surface area contributed by atoms with Crippen molar-refractivity contribution in [3.8, 4) is 0 Å². The Labute approximate surface area is 141 Å². The second-order valence-electron chi connectivity index (χ2n) is 6.91. The Kier molecular flexibility index (Phi) is 5.15. The molecule has 0 aliphatic carbocycles. The average molecular weight is 338 g/mol. The van der Waals surface area contributed by atoms with Crippen molar-refractivity contribution < 1.29 is 18.7 Å². The van der Waals surface area contributed by atoms with E-state index in [0.717, 1.165) is 32.0 Å². The number of β-amino-alcohol motifs (C(OH)–C–C–N with tert-alkyl or cyclic N) is 1. The lowest BCUT2D eigenvalue weighted by Gasteiger charge is -2.41. The van der Waals surface area contributed by atoms with Crippen LogP contribution in [0.25, 0.3) is 0 Å². The summed E-state index contributed by atoms with van der Waals surface area (Å²) in [6, 6.07) is 3.97. The van der Waals surface area contributed by atoms with Crippen LogP contribution in [0.4, 0.5) is 8.78 Å². The lowest BCUT2D eigenvalue weighted by molar-refractivity contribution is -0.160. The van der Waals surface area contributed by atoms with Crippen molar-refractivity contribution in [1.29, 1.82) is 0 Å². The van der Waals surface area contributed by atoms with Gasteiger partial charge in [0.05, 0.1) is 0 Å². The first-order chi connectivity index (χ1) is 11.5. The maximum absolute atomic E-state index is 13.9. The number of halogens is 2. The van der Waals surface area contributed by atoms with Crippen LogP contribution in [-0.4, -0.2) is 52.6 Å². The molecule has 132 valence electrons. The first-order valence-corrected chi connectivity index (χ1v) is 8.67. The van der Waals surface area contributed by atoms with E-state index < -0.39 is 17.2 Å². The third-order valence-electron chi connectivity index (χ3n) is 5.03. The molecule has 2 fully saturated rings. The Morgan fingerprint density at radius 2 is 1.83 bits per heavy atom. The van der Waals surface area contributed by atoms with Crippen LogP contribution in [0.3, 0.4) is 0 Å². The van der Waals surface area contributed by atoms with Gasteiger partial charge in [0.2, 0.25) is 0 Å². The van der Waals surface area contributed by atoms with Crippen molar-refractivity contribution in [3.63, 3.8) is 0 Å². The molecule has 3 rings (SSSR count). The molecule has 0 spiro atoms. The van der Waals surface area contributed by atoms with Crippen molar-refractivity contribution in [2.75, 3.05) is 26.2 Å². The Morgan fingerprint density at radius 3 is 2.58 bits per heavy atom. The molecule has 0 radical (unpaired) electrons. The fourth-order valence-corrected chi connectivity index (χ4v) is 3.73. The number of hydrogen-bond donors (Lipinski definition) is 1. The summed E-state index contributed by atoms with van der Waals surface area (Å²) in [7, 11) is 0. The Morgan fingerprint density at radius 1 is 1.08 bits per heavy atom. The normalized spacial score (nSPS) is 26.0. The van der Waals surface area contributed by atoms with E-state index in [1.54, 1.807) is 0 Å². The summed E-state index contributed by atoms with van der Waals surface area (Å²) in [5.74, 6) is -2.21. The number of carbonyl (C=O) groups excluding carboxylic acids is 1. The lowest BCUT2D eigenvalue weighted by atomic mass is 9.90. The van der Waals surface area contributed by atoms with Crippen LogP contribution in [-0.2, 0) is 11.3 Å². The molecule has 4 nitrogen and oxygen atoms in total. The SMILES string of the molecule is O=C1N(Cc2cccc(F)c2F)CCCC1(O)CN1CCCCC1. The first kappa shape index (κ1) is 17.3. The van der Waals surface area contributed by atoms with Crippen molar-refractivity contribution >= 4 is 5.91 Å². The van der Waals surface area contributed by atoms with E-state index in [2.05, 4.69) is 4.90 Å². The number of hydrogen-bond acceptors (Lipinski definition) is 3. The number of carbonyl (C=O) groups is 1. The maximum atomic E-state index is 13.9. The van der Waals surface area contributed by atoms with Gasteiger partial charge in [-0.2, -0.15) is 0 Å². The second-order valence-corrected chi connectivity index (χ2v) is 6.91. The molecule has 1 atom stereocenters. The minimum atomic E-state index is -1.42. The average Bonchev–Trinajstić information content (AvgIpc) is 2.57. The van der Waals surface area contributed by atoms with Crippen LogP contribution in [0, 0.1) is 11.6 Å². The predicted octanol–water partition coefficient (Wildman–Crippen LogP) is 2.30. The topological polar surface area (TPSA) is 43.8 Å². The van der Waals surface area contributed by atoms with Gasteiger partial charge in [-0.15, -0.1) is 0 Å². The van der Waals surface area contributed by atoms with Gasteiger partial charge in [0.1, 0.15) is 0 Å². The van der Waals surface area contributed by atoms with E-state index in [1.165, 1.54) is 23.5 Å². The molecule has 1 amide bonds.